The van der Waals surface area contributed by atoms with Crippen LogP contribution in [0.5, 0.6) is 5.75 Å². The molecule has 2 aromatic carbocycles. The van der Waals surface area contributed by atoms with E-state index in [9.17, 15) is 0 Å². The Morgan fingerprint density at radius 2 is 1.93 bits per heavy atom. The summed E-state index contributed by atoms with van der Waals surface area (Å²) in [5.41, 5.74) is 5.16. The van der Waals surface area contributed by atoms with E-state index in [0.717, 1.165) is 18.8 Å². The second-order valence-electron chi connectivity index (χ2n) is 6.73. The van der Waals surface area contributed by atoms with Crippen LogP contribution in [0.3, 0.4) is 0 Å². The minimum atomic E-state index is 0.311. The van der Waals surface area contributed by atoms with E-state index in [2.05, 4.69) is 84.8 Å². The summed E-state index contributed by atoms with van der Waals surface area (Å²) in [7, 11) is 1.73. The molecule has 4 rings (SSSR count). The molecule has 0 amide bonds. The van der Waals surface area contributed by atoms with Crippen LogP contribution in [0.4, 0.5) is 5.69 Å². The summed E-state index contributed by atoms with van der Waals surface area (Å²) < 4.78 is 10.7. The van der Waals surface area contributed by atoms with E-state index < -0.39 is 0 Å². The van der Waals surface area contributed by atoms with Gasteiger partial charge in [0.25, 0.3) is 0 Å². The Bertz CT molecular complexity index is 1040. The molecule has 0 saturated heterocycles. The summed E-state index contributed by atoms with van der Waals surface area (Å²) in [6.45, 7) is 8.51. The van der Waals surface area contributed by atoms with Gasteiger partial charge in [-0.05, 0) is 0 Å². The molecule has 138 valence electrons. The van der Waals surface area contributed by atoms with Crippen molar-refractivity contribution in [1.29, 1.82) is 0 Å². The summed E-state index contributed by atoms with van der Waals surface area (Å²) in [5, 5.41) is 1.30. The zero-order chi connectivity index (χ0) is 19.0. The van der Waals surface area contributed by atoms with Crippen LogP contribution in [0.15, 0.2) is 53.1 Å². The molecule has 0 unspecified atom stereocenters. The van der Waals surface area contributed by atoms with Gasteiger partial charge in [-0.25, -0.2) is 0 Å². The molecule has 0 N–H and O–H groups in total. The number of anilines is 1. The predicted octanol–water partition coefficient (Wildman–Crippen LogP) is 3.63. The Morgan fingerprint density at radius 3 is 2.67 bits per heavy atom. The van der Waals surface area contributed by atoms with E-state index in [1.165, 1.54) is 36.9 Å². The Morgan fingerprint density at radius 1 is 1.07 bits per heavy atom. The third-order valence-electron chi connectivity index (χ3n) is 5.06. The quantitative estimate of drug-likeness (QED) is 0.470. The van der Waals surface area contributed by atoms with Crippen LogP contribution < -0.4 is 18.7 Å². The molecule has 2 heterocycles. The van der Waals surface area contributed by atoms with Gasteiger partial charge >= 0.3 is 167 Å². The first-order chi connectivity index (χ1) is 13.1. The molecule has 3 aromatic rings. The van der Waals surface area contributed by atoms with Crippen molar-refractivity contribution in [1.82, 2.24) is 0 Å². The fourth-order valence-electron chi connectivity index (χ4n) is 3.70. The van der Waals surface area contributed by atoms with Gasteiger partial charge in [-0.3, -0.25) is 0 Å². The van der Waals surface area contributed by atoms with Gasteiger partial charge in [-0.15, -0.1) is 0 Å². The van der Waals surface area contributed by atoms with Gasteiger partial charge in [0, 0.05) is 0 Å². The first-order valence-corrected chi connectivity index (χ1v) is 11.1. The topological polar surface area (TPSA) is 16.4 Å². The number of aryl methyl sites for hydroxylation is 2. The van der Waals surface area contributed by atoms with Crippen LogP contribution in [-0.4, -0.2) is 28.6 Å². The third kappa shape index (κ3) is 3.24. The molecule has 3 nitrogen and oxygen atoms in total. The molecule has 0 atom stereocenters. The number of nitrogens with zero attached hydrogens (tertiary/aromatic N) is 2. The van der Waals surface area contributed by atoms with E-state index >= 15 is 0 Å². The van der Waals surface area contributed by atoms with E-state index in [1.807, 2.05) is 0 Å². The van der Waals surface area contributed by atoms with Gasteiger partial charge in [0.15, 0.2) is 0 Å². The van der Waals surface area contributed by atoms with Crippen molar-refractivity contribution >= 4 is 42.1 Å². The number of benzene rings is 2. The monoisotopic (exact) mass is 425 g/mol. The summed E-state index contributed by atoms with van der Waals surface area (Å²) in [4.78, 5) is 2.43. The van der Waals surface area contributed by atoms with Crippen LogP contribution in [0, 0.1) is 6.92 Å². The predicted molar refractivity (Wildman–Crippen MR) is 114 cm³/mol. The second-order valence-corrected chi connectivity index (χ2v) is 8.96. The maximum atomic E-state index is 5.44. The molecular weight excluding hydrogens is 399 g/mol. The van der Waals surface area contributed by atoms with Crippen LogP contribution in [0.25, 0.3) is 17.0 Å². The van der Waals surface area contributed by atoms with Crippen LogP contribution in [0.1, 0.15) is 25.1 Å². The van der Waals surface area contributed by atoms with Crippen molar-refractivity contribution in [2.24, 2.45) is 0 Å². The molecule has 1 aliphatic rings. The molecule has 0 saturated carbocycles. The second kappa shape index (κ2) is 7.38. The zero-order valence-electron chi connectivity index (χ0n) is 16.3. The molecule has 1 aliphatic heterocycles. The van der Waals surface area contributed by atoms with E-state index in [4.69, 9.17) is 4.74 Å². The number of hydrogen-bond acceptors (Lipinski definition) is 2. The first-order valence-electron chi connectivity index (χ1n) is 9.43. The fourth-order valence-corrected chi connectivity index (χ4v) is 6.12. The average Bonchev–Trinajstić information content (AvgIpc) is 3.03. The van der Waals surface area contributed by atoms with Gasteiger partial charge in [-0.2, -0.15) is 0 Å². The van der Waals surface area contributed by atoms with Crippen molar-refractivity contribution < 1.29 is 9.30 Å². The SMILES string of the molecule is CCN1/C(=C/c2ccc3cc(C)ccc3[n+]2CC)[Se]c2ccc(OC)cc21. The molecule has 4 heteroatoms. The van der Waals surface area contributed by atoms with Crippen molar-refractivity contribution in [2.45, 2.75) is 27.3 Å². The summed E-state index contributed by atoms with van der Waals surface area (Å²) >= 11 is 0.311. The Hall–Kier alpha value is -2.29. The summed E-state index contributed by atoms with van der Waals surface area (Å²) in [6.07, 6.45) is 2.37. The number of aromatic nitrogens is 1. The summed E-state index contributed by atoms with van der Waals surface area (Å²) in [5.74, 6) is 0.925. The van der Waals surface area contributed by atoms with E-state index in [1.54, 1.807) is 7.11 Å². The van der Waals surface area contributed by atoms with Gasteiger partial charge in [-0.1, -0.05) is 0 Å². The van der Waals surface area contributed by atoms with Gasteiger partial charge in [0.1, 0.15) is 0 Å². The molecule has 0 fully saturated rings. The Labute approximate surface area is 167 Å². The van der Waals surface area contributed by atoms with E-state index in [-0.39, 0.29) is 0 Å². The molecule has 0 aliphatic carbocycles. The van der Waals surface area contributed by atoms with Crippen molar-refractivity contribution in [3.8, 4) is 5.75 Å². The number of methoxy groups -OCH3 is 1. The first kappa shape index (κ1) is 18.1. The molecule has 0 bridgehead atoms. The number of ether oxygens (including phenoxy) is 1. The molecule has 27 heavy (non-hydrogen) atoms. The fraction of sp³-hybridized carbons (Fsp3) is 0.261. The van der Waals surface area contributed by atoms with Gasteiger partial charge in [0.05, 0.1) is 0 Å². The normalized spacial score (nSPS) is 14.8. The van der Waals surface area contributed by atoms with Gasteiger partial charge < -0.3 is 0 Å². The Kier molecular flexibility index (Phi) is 4.94. The zero-order valence-corrected chi connectivity index (χ0v) is 18.0. The van der Waals surface area contributed by atoms with Crippen LogP contribution >= 0.6 is 0 Å². The Balaban J connectivity index is 1.80. The van der Waals surface area contributed by atoms with E-state index in [0.29, 0.717) is 15.0 Å². The van der Waals surface area contributed by atoms with Crippen molar-refractivity contribution in [3.63, 3.8) is 0 Å². The standard InChI is InChI=1S/C23H25N2OSe/c1-5-24-18(9-8-17-13-16(3)7-11-20(17)24)14-23-25(6-2)21-15-19(26-4)10-12-22(21)27-23/h7-15H,5-6H2,1-4H3/q+1. The minimum absolute atomic E-state index is 0.311. The maximum absolute atomic E-state index is 5.44. The van der Waals surface area contributed by atoms with Crippen molar-refractivity contribution in [3.05, 3.63) is 64.4 Å². The molecule has 0 spiro atoms. The van der Waals surface area contributed by atoms with Crippen LogP contribution in [0.2, 0.25) is 0 Å². The third-order valence-corrected chi connectivity index (χ3v) is 7.39. The number of fused-ring (bicyclic) bond motifs is 2. The molecular formula is C23H25N2OSe+. The number of pyridine rings is 1. The average molecular weight is 424 g/mol. The number of rotatable bonds is 4. The number of hydrogen-bond donors (Lipinski definition) is 0. The van der Waals surface area contributed by atoms with Gasteiger partial charge in [0.2, 0.25) is 0 Å². The molecule has 1 aromatic heterocycles. The molecule has 0 radical (unpaired) electrons. The summed E-state index contributed by atoms with van der Waals surface area (Å²) in [6, 6.07) is 17.7. The van der Waals surface area contributed by atoms with Crippen molar-refractivity contribution in [2.75, 3.05) is 18.6 Å². The van der Waals surface area contributed by atoms with Crippen LogP contribution in [-0.2, 0) is 6.54 Å².